The number of hydrogen-bond donors (Lipinski definition) is 3. The Morgan fingerprint density at radius 3 is 3.00 bits per heavy atom. The minimum atomic E-state index is -0.313. The van der Waals surface area contributed by atoms with Crippen LogP contribution in [0.2, 0.25) is 0 Å². The van der Waals surface area contributed by atoms with Gasteiger partial charge in [0.05, 0.1) is 0 Å². The summed E-state index contributed by atoms with van der Waals surface area (Å²) in [6.45, 7) is 3.48. The van der Waals surface area contributed by atoms with E-state index in [1.165, 1.54) is 6.07 Å². The normalized spacial score (nSPS) is 19.3. The number of carbonyl (C=O) groups excluding carboxylic acids is 1. The SMILES string of the molecule is Cc1ccc(NC(=O)NC2CCCNC2)cc1F. The van der Waals surface area contributed by atoms with Crippen molar-refractivity contribution >= 4 is 11.7 Å². The van der Waals surface area contributed by atoms with Crippen molar-refractivity contribution in [1.29, 1.82) is 0 Å². The smallest absolute Gasteiger partial charge is 0.319 e. The van der Waals surface area contributed by atoms with Crippen molar-refractivity contribution in [2.24, 2.45) is 0 Å². The summed E-state index contributed by atoms with van der Waals surface area (Å²) >= 11 is 0. The fourth-order valence-corrected chi connectivity index (χ4v) is 2.00. The fraction of sp³-hybridized carbons (Fsp3) is 0.462. The summed E-state index contributed by atoms with van der Waals surface area (Å²) in [5.41, 5.74) is 1.04. The van der Waals surface area contributed by atoms with E-state index in [0.717, 1.165) is 25.9 Å². The molecular weight excluding hydrogens is 233 g/mol. The maximum Gasteiger partial charge on any atom is 0.319 e. The van der Waals surface area contributed by atoms with Gasteiger partial charge in [-0.05, 0) is 44.0 Å². The minimum Gasteiger partial charge on any atom is -0.334 e. The van der Waals surface area contributed by atoms with E-state index >= 15 is 0 Å². The quantitative estimate of drug-likeness (QED) is 0.753. The summed E-state index contributed by atoms with van der Waals surface area (Å²) in [5.74, 6) is -0.313. The first-order chi connectivity index (χ1) is 8.65. The first kappa shape index (κ1) is 12.8. The number of benzene rings is 1. The molecule has 0 radical (unpaired) electrons. The molecule has 0 aromatic heterocycles. The van der Waals surface area contributed by atoms with Crippen LogP contribution in [-0.4, -0.2) is 25.2 Å². The molecule has 1 saturated heterocycles. The van der Waals surface area contributed by atoms with Crippen LogP contribution in [-0.2, 0) is 0 Å². The molecule has 5 heteroatoms. The molecule has 1 heterocycles. The van der Waals surface area contributed by atoms with Gasteiger partial charge in [-0.3, -0.25) is 0 Å². The lowest BCUT2D eigenvalue weighted by atomic mass is 10.1. The highest BCUT2D eigenvalue weighted by atomic mass is 19.1. The van der Waals surface area contributed by atoms with Crippen LogP contribution < -0.4 is 16.0 Å². The van der Waals surface area contributed by atoms with Gasteiger partial charge in [-0.25, -0.2) is 9.18 Å². The second kappa shape index (κ2) is 5.82. The third kappa shape index (κ3) is 3.43. The Bertz CT molecular complexity index is 430. The predicted molar refractivity (Wildman–Crippen MR) is 69.2 cm³/mol. The van der Waals surface area contributed by atoms with Crippen molar-refractivity contribution in [1.82, 2.24) is 10.6 Å². The van der Waals surface area contributed by atoms with Gasteiger partial charge in [0.25, 0.3) is 0 Å². The van der Waals surface area contributed by atoms with Crippen LogP contribution in [0.1, 0.15) is 18.4 Å². The average molecular weight is 251 g/mol. The molecule has 2 amide bonds. The maximum atomic E-state index is 13.3. The van der Waals surface area contributed by atoms with Gasteiger partial charge in [0, 0.05) is 18.3 Å². The molecule has 1 aromatic carbocycles. The van der Waals surface area contributed by atoms with E-state index in [1.807, 2.05) is 0 Å². The number of halogens is 1. The van der Waals surface area contributed by atoms with Gasteiger partial charge in [0.15, 0.2) is 0 Å². The minimum absolute atomic E-state index is 0.147. The van der Waals surface area contributed by atoms with E-state index < -0.39 is 0 Å². The van der Waals surface area contributed by atoms with E-state index in [1.54, 1.807) is 19.1 Å². The van der Waals surface area contributed by atoms with Gasteiger partial charge in [0.1, 0.15) is 5.82 Å². The Kier molecular flexibility index (Phi) is 4.15. The zero-order valence-electron chi connectivity index (χ0n) is 10.4. The molecule has 3 N–H and O–H groups in total. The molecule has 1 aromatic rings. The summed E-state index contributed by atoms with van der Waals surface area (Å²) in [4.78, 5) is 11.7. The van der Waals surface area contributed by atoms with Gasteiger partial charge in [0.2, 0.25) is 0 Å². The van der Waals surface area contributed by atoms with Crippen LogP contribution in [0.5, 0.6) is 0 Å². The van der Waals surface area contributed by atoms with Crippen LogP contribution in [0.25, 0.3) is 0 Å². The van der Waals surface area contributed by atoms with Crippen molar-refractivity contribution in [3.05, 3.63) is 29.6 Å². The van der Waals surface area contributed by atoms with Crippen molar-refractivity contribution in [3.63, 3.8) is 0 Å². The molecule has 1 unspecified atom stereocenters. The third-order valence-electron chi connectivity index (χ3n) is 3.06. The highest BCUT2D eigenvalue weighted by Crippen LogP contribution is 2.13. The highest BCUT2D eigenvalue weighted by molar-refractivity contribution is 5.89. The first-order valence-electron chi connectivity index (χ1n) is 6.19. The zero-order chi connectivity index (χ0) is 13.0. The standard InChI is InChI=1S/C13H18FN3O/c1-9-4-5-10(7-12(9)14)16-13(18)17-11-3-2-6-15-8-11/h4-5,7,11,15H,2-3,6,8H2,1H3,(H2,16,17,18). The molecule has 1 aliphatic heterocycles. The lowest BCUT2D eigenvalue weighted by molar-refractivity contribution is 0.245. The fourth-order valence-electron chi connectivity index (χ4n) is 2.00. The maximum absolute atomic E-state index is 13.3. The van der Waals surface area contributed by atoms with Crippen molar-refractivity contribution < 1.29 is 9.18 Å². The monoisotopic (exact) mass is 251 g/mol. The van der Waals surface area contributed by atoms with Gasteiger partial charge < -0.3 is 16.0 Å². The van der Waals surface area contributed by atoms with E-state index in [2.05, 4.69) is 16.0 Å². The Hall–Kier alpha value is -1.62. The Balaban J connectivity index is 1.88. The lowest BCUT2D eigenvalue weighted by Crippen LogP contribution is -2.47. The summed E-state index contributed by atoms with van der Waals surface area (Å²) in [5, 5.41) is 8.72. The lowest BCUT2D eigenvalue weighted by Gasteiger charge is -2.23. The number of carbonyl (C=O) groups is 1. The molecule has 0 aliphatic carbocycles. The highest BCUT2D eigenvalue weighted by Gasteiger charge is 2.15. The summed E-state index contributed by atoms with van der Waals surface area (Å²) in [7, 11) is 0. The van der Waals surface area contributed by atoms with Crippen LogP contribution in [0.3, 0.4) is 0 Å². The van der Waals surface area contributed by atoms with Gasteiger partial charge >= 0.3 is 6.03 Å². The number of nitrogens with one attached hydrogen (secondary N) is 3. The van der Waals surface area contributed by atoms with Crippen LogP contribution >= 0.6 is 0 Å². The molecule has 0 saturated carbocycles. The van der Waals surface area contributed by atoms with Crippen molar-refractivity contribution in [3.8, 4) is 0 Å². The van der Waals surface area contributed by atoms with Gasteiger partial charge in [-0.2, -0.15) is 0 Å². The number of piperidine rings is 1. The van der Waals surface area contributed by atoms with E-state index in [-0.39, 0.29) is 17.9 Å². The third-order valence-corrected chi connectivity index (χ3v) is 3.06. The molecule has 4 nitrogen and oxygen atoms in total. The molecular formula is C13H18FN3O. The molecule has 1 aliphatic rings. The van der Waals surface area contributed by atoms with Crippen molar-refractivity contribution in [2.45, 2.75) is 25.8 Å². The molecule has 0 spiro atoms. The van der Waals surface area contributed by atoms with Gasteiger partial charge in [-0.1, -0.05) is 6.07 Å². The topological polar surface area (TPSA) is 53.2 Å². The molecule has 18 heavy (non-hydrogen) atoms. The van der Waals surface area contributed by atoms with E-state index in [0.29, 0.717) is 11.3 Å². The summed E-state index contributed by atoms with van der Waals surface area (Å²) in [6.07, 6.45) is 2.03. The largest absolute Gasteiger partial charge is 0.334 e. The molecule has 2 rings (SSSR count). The number of rotatable bonds is 2. The number of hydrogen-bond acceptors (Lipinski definition) is 2. The molecule has 1 fully saturated rings. The number of urea groups is 1. The Morgan fingerprint density at radius 2 is 2.33 bits per heavy atom. The van der Waals surface area contributed by atoms with E-state index in [9.17, 15) is 9.18 Å². The second-order valence-electron chi connectivity index (χ2n) is 4.61. The first-order valence-corrected chi connectivity index (χ1v) is 6.19. The number of anilines is 1. The van der Waals surface area contributed by atoms with Crippen LogP contribution in [0.4, 0.5) is 14.9 Å². The van der Waals surface area contributed by atoms with Crippen LogP contribution in [0, 0.1) is 12.7 Å². The van der Waals surface area contributed by atoms with Crippen molar-refractivity contribution in [2.75, 3.05) is 18.4 Å². The number of aryl methyl sites for hydroxylation is 1. The zero-order valence-corrected chi connectivity index (χ0v) is 10.4. The molecule has 0 bridgehead atoms. The molecule has 98 valence electrons. The Labute approximate surface area is 106 Å². The van der Waals surface area contributed by atoms with Gasteiger partial charge in [-0.15, -0.1) is 0 Å². The average Bonchev–Trinajstić information content (AvgIpc) is 2.35. The summed E-state index contributed by atoms with van der Waals surface area (Å²) < 4.78 is 13.3. The predicted octanol–water partition coefficient (Wildman–Crippen LogP) is 2.01. The number of amides is 2. The van der Waals surface area contributed by atoms with E-state index in [4.69, 9.17) is 0 Å². The molecule has 1 atom stereocenters. The second-order valence-corrected chi connectivity index (χ2v) is 4.61. The Morgan fingerprint density at radius 1 is 1.50 bits per heavy atom. The summed E-state index contributed by atoms with van der Waals surface area (Å²) in [6, 6.07) is 4.53. The van der Waals surface area contributed by atoms with Crippen LogP contribution in [0.15, 0.2) is 18.2 Å².